The second kappa shape index (κ2) is 4.74. The van der Waals surface area contributed by atoms with Crippen molar-refractivity contribution in [3.63, 3.8) is 0 Å². The fourth-order valence-corrected chi connectivity index (χ4v) is 1.53. The second-order valence-electron chi connectivity index (χ2n) is 3.79. The van der Waals surface area contributed by atoms with E-state index in [9.17, 15) is 4.79 Å². The largest absolute Gasteiger partial charge is 0.475 e. The number of carbonyl (C=O) groups is 1. The van der Waals surface area contributed by atoms with Gasteiger partial charge in [0.15, 0.2) is 0 Å². The summed E-state index contributed by atoms with van der Waals surface area (Å²) in [6, 6.07) is 11.1. The molecule has 2 rings (SSSR count). The molecule has 0 amide bonds. The van der Waals surface area contributed by atoms with Crippen molar-refractivity contribution in [3.05, 3.63) is 53.5 Å². The first kappa shape index (κ1) is 11.3. The molecular weight excluding hydrogens is 218 g/mol. The molecule has 2 aromatic rings. The summed E-state index contributed by atoms with van der Waals surface area (Å²) in [7, 11) is 0. The molecule has 4 nitrogen and oxygen atoms in total. The van der Waals surface area contributed by atoms with Crippen molar-refractivity contribution in [1.82, 2.24) is 0 Å². The molecule has 0 aliphatic rings. The highest BCUT2D eigenvalue weighted by Crippen LogP contribution is 2.13. The molecule has 0 spiro atoms. The predicted octanol–water partition coefficient (Wildman–Crippen LogP) is 2.90. The minimum absolute atomic E-state index is 0.0361. The van der Waals surface area contributed by atoms with Crippen molar-refractivity contribution in [2.24, 2.45) is 0 Å². The Morgan fingerprint density at radius 3 is 2.82 bits per heavy atom. The molecule has 0 bridgehead atoms. The SMILES string of the molecule is Cc1cccc(NCc2ccc(C(=O)O)o2)c1. The summed E-state index contributed by atoms with van der Waals surface area (Å²) in [4.78, 5) is 10.6. The van der Waals surface area contributed by atoms with Crippen LogP contribution in [-0.2, 0) is 6.54 Å². The van der Waals surface area contributed by atoms with Crippen molar-refractivity contribution in [3.8, 4) is 0 Å². The molecule has 0 saturated carbocycles. The molecule has 1 aromatic heterocycles. The van der Waals surface area contributed by atoms with Crippen molar-refractivity contribution in [1.29, 1.82) is 0 Å². The van der Waals surface area contributed by atoms with E-state index in [2.05, 4.69) is 5.32 Å². The molecule has 1 heterocycles. The van der Waals surface area contributed by atoms with Gasteiger partial charge in [0.25, 0.3) is 0 Å². The normalized spacial score (nSPS) is 10.2. The molecule has 0 radical (unpaired) electrons. The average molecular weight is 231 g/mol. The Kier molecular flexibility index (Phi) is 3.14. The molecular formula is C13H13NO3. The summed E-state index contributed by atoms with van der Waals surface area (Å²) in [6.07, 6.45) is 0. The zero-order valence-corrected chi connectivity index (χ0v) is 9.43. The maximum atomic E-state index is 10.6. The Morgan fingerprint density at radius 1 is 1.35 bits per heavy atom. The molecule has 4 heteroatoms. The van der Waals surface area contributed by atoms with Gasteiger partial charge in [-0.3, -0.25) is 0 Å². The van der Waals surface area contributed by atoms with E-state index in [-0.39, 0.29) is 5.76 Å². The highest BCUT2D eigenvalue weighted by molar-refractivity contribution is 5.84. The molecule has 0 atom stereocenters. The van der Waals surface area contributed by atoms with Crippen LogP contribution in [0.2, 0.25) is 0 Å². The highest BCUT2D eigenvalue weighted by Gasteiger charge is 2.08. The highest BCUT2D eigenvalue weighted by atomic mass is 16.4. The average Bonchev–Trinajstić information content (AvgIpc) is 2.75. The Balaban J connectivity index is 2.00. The van der Waals surface area contributed by atoms with E-state index >= 15 is 0 Å². The maximum absolute atomic E-state index is 10.6. The van der Waals surface area contributed by atoms with Crippen LogP contribution >= 0.6 is 0 Å². The summed E-state index contributed by atoms with van der Waals surface area (Å²) in [5, 5.41) is 11.9. The van der Waals surface area contributed by atoms with Gasteiger partial charge in [-0.15, -0.1) is 0 Å². The molecule has 88 valence electrons. The van der Waals surface area contributed by atoms with E-state index in [1.54, 1.807) is 6.07 Å². The van der Waals surface area contributed by atoms with Gasteiger partial charge >= 0.3 is 5.97 Å². The third-order valence-corrected chi connectivity index (χ3v) is 2.36. The van der Waals surface area contributed by atoms with Crippen LogP contribution in [-0.4, -0.2) is 11.1 Å². The number of rotatable bonds is 4. The van der Waals surface area contributed by atoms with Gasteiger partial charge in [-0.05, 0) is 36.8 Å². The first-order valence-electron chi connectivity index (χ1n) is 5.28. The number of aromatic carboxylic acids is 1. The maximum Gasteiger partial charge on any atom is 0.371 e. The fourth-order valence-electron chi connectivity index (χ4n) is 1.53. The first-order chi connectivity index (χ1) is 8.15. The van der Waals surface area contributed by atoms with Crippen LogP contribution in [0.3, 0.4) is 0 Å². The van der Waals surface area contributed by atoms with Gasteiger partial charge in [0.2, 0.25) is 5.76 Å². The topological polar surface area (TPSA) is 62.5 Å². The number of carboxylic acids is 1. The lowest BCUT2D eigenvalue weighted by Crippen LogP contribution is -1.98. The lowest BCUT2D eigenvalue weighted by Gasteiger charge is -2.04. The lowest BCUT2D eigenvalue weighted by atomic mass is 10.2. The molecule has 2 N–H and O–H groups in total. The van der Waals surface area contributed by atoms with E-state index < -0.39 is 5.97 Å². The number of hydrogen-bond acceptors (Lipinski definition) is 3. The van der Waals surface area contributed by atoms with Crippen LogP contribution in [0.15, 0.2) is 40.8 Å². The lowest BCUT2D eigenvalue weighted by molar-refractivity contribution is 0.0660. The number of benzene rings is 1. The standard InChI is InChI=1S/C13H13NO3/c1-9-3-2-4-10(7-9)14-8-11-5-6-12(17-11)13(15)16/h2-7,14H,8H2,1H3,(H,15,16). The van der Waals surface area contributed by atoms with Crippen LogP contribution in [0, 0.1) is 6.92 Å². The minimum atomic E-state index is -1.05. The monoisotopic (exact) mass is 231 g/mol. The van der Waals surface area contributed by atoms with Gasteiger partial charge in [0, 0.05) is 5.69 Å². The van der Waals surface area contributed by atoms with Crippen LogP contribution in [0.25, 0.3) is 0 Å². The number of carboxylic acid groups (broad SMARTS) is 1. The third kappa shape index (κ3) is 2.87. The summed E-state index contributed by atoms with van der Waals surface area (Å²) in [5.41, 5.74) is 2.15. The van der Waals surface area contributed by atoms with Crippen LogP contribution < -0.4 is 5.32 Å². The number of anilines is 1. The summed E-state index contributed by atoms with van der Waals surface area (Å²) in [5.74, 6) is -0.484. The molecule has 0 aliphatic heterocycles. The van der Waals surface area contributed by atoms with Crippen molar-refractivity contribution in [2.45, 2.75) is 13.5 Å². The van der Waals surface area contributed by atoms with Gasteiger partial charge in [-0.1, -0.05) is 12.1 Å². The number of aryl methyl sites for hydroxylation is 1. The summed E-state index contributed by atoms with van der Waals surface area (Å²) in [6.45, 7) is 2.48. The Labute approximate surface area is 98.9 Å². The van der Waals surface area contributed by atoms with Crippen LogP contribution in [0.1, 0.15) is 21.9 Å². The minimum Gasteiger partial charge on any atom is -0.475 e. The van der Waals surface area contributed by atoms with Crippen molar-refractivity contribution >= 4 is 11.7 Å². The zero-order chi connectivity index (χ0) is 12.3. The number of nitrogens with one attached hydrogen (secondary N) is 1. The third-order valence-electron chi connectivity index (χ3n) is 2.36. The Bertz CT molecular complexity index is 531. The predicted molar refractivity (Wildman–Crippen MR) is 64.2 cm³/mol. The van der Waals surface area contributed by atoms with E-state index in [4.69, 9.17) is 9.52 Å². The van der Waals surface area contributed by atoms with Gasteiger partial charge < -0.3 is 14.8 Å². The molecule has 0 fully saturated rings. The molecule has 1 aromatic carbocycles. The Hall–Kier alpha value is -2.23. The molecule has 0 saturated heterocycles. The first-order valence-corrected chi connectivity index (χ1v) is 5.28. The van der Waals surface area contributed by atoms with Gasteiger partial charge in [0.1, 0.15) is 5.76 Å². The van der Waals surface area contributed by atoms with Gasteiger partial charge in [-0.2, -0.15) is 0 Å². The van der Waals surface area contributed by atoms with Crippen molar-refractivity contribution in [2.75, 3.05) is 5.32 Å². The number of furan rings is 1. The quantitative estimate of drug-likeness (QED) is 0.849. The Morgan fingerprint density at radius 2 is 2.18 bits per heavy atom. The smallest absolute Gasteiger partial charge is 0.371 e. The summed E-state index contributed by atoms with van der Waals surface area (Å²) >= 11 is 0. The van der Waals surface area contributed by atoms with E-state index in [0.717, 1.165) is 5.69 Å². The molecule has 0 aliphatic carbocycles. The van der Waals surface area contributed by atoms with Crippen molar-refractivity contribution < 1.29 is 14.3 Å². The summed E-state index contributed by atoms with van der Waals surface area (Å²) < 4.78 is 5.13. The van der Waals surface area contributed by atoms with Gasteiger partial charge in [0.05, 0.1) is 6.54 Å². The molecule has 17 heavy (non-hydrogen) atoms. The van der Waals surface area contributed by atoms with E-state index in [1.807, 2.05) is 31.2 Å². The second-order valence-corrected chi connectivity index (χ2v) is 3.79. The van der Waals surface area contributed by atoms with Gasteiger partial charge in [-0.25, -0.2) is 4.79 Å². The van der Waals surface area contributed by atoms with E-state index in [1.165, 1.54) is 11.6 Å². The molecule has 0 unspecified atom stereocenters. The van der Waals surface area contributed by atoms with Crippen LogP contribution in [0.5, 0.6) is 0 Å². The van der Waals surface area contributed by atoms with E-state index in [0.29, 0.717) is 12.3 Å². The number of hydrogen-bond donors (Lipinski definition) is 2. The fraction of sp³-hybridized carbons (Fsp3) is 0.154. The van der Waals surface area contributed by atoms with Crippen LogP contribution in [0.4, 0.5) is 5.69 Å². The zero-order valence-electron chi connectivity index (χ0n) is 9.43.